The van der Waals surface area contributed by atoms with Crippen LogP contribution in [0.25, 0.3) is 5.78 Å². The van der Waals surface area contributed by atoms with Crippen LogP contribution in [-0.2, 0) is 17.6 Å². The summed E-state index contributed by atoms with van der Waals surface area (Å²) in [5.74, 6) is 2.43. The average Bonchev–Trinajstić information content (AvgIpc) is 3.22. The standard InChI is InChI=1S/C20H24N6O2/c1-3-16-13-18(22-20-23-21-14-26(16)20)24-7-9-25(10-8-24)19(27)12-15-5-4-6-17(11-15)28-2/h4-6,11,13-14H,3,7-10,12H2,1-2H3. The molecule has 0 unspecified atom stereocenters. The van der Waals surface area contributed by atoms with Crippen molar-refractivity contribution in [1.29, 1.82) is 0 Å². The summed E-state index contributed by atoms with van der Waals surface area (Å²) in [6.45, 7) is 4.98. The van der Waals surface area contributed by atoms with E-state index in [0.29, 0.717) is 25.3 Å². The summed E-state index contributed by atoms with van der Waals surface area (Å²) in [6.07, 6.45) is 2.96. The van der Waals surface area contributed by atoms with Crippen molar-refractivity contribution >= 4 is 17.5 Å². The van der Waals surface area contributed by atoms with Crippen molar-refractivity contribution in [3.8, 4) is 5.75 Å². The number of piperazine rings is 1. The van der Waals surface area contributed by atoms with Crippen molar-refractivity contribution in [3.05, 3.63) is 47.9 Å². The van der Waals surface area contributed by atoms with Crippen molar-refractivity contribution in [3.63, 3.8) is 0 Å². The number of methoxy groups -OCH3 is 1. The molecule has 2 aromatic heterocycles. The minimum absolute atomic E-state index is 0.142. The van der Waals surface area contributed by atoms with Gasteiger partial charge in [0.15, 0.2) is 0 Å². The molecule has 0 N–H and O–H groups in total. The van der Waals surface area contributed by atoms with Crippen LogP contribution in [0.3, 0.4) is 0 Å². The maximum absolute atomic E-state index is 12.7. The van der Waals surface area contributed by atoms with Crippen molar-refractivity contribution in [2.24, 2.45) is 0 Å². The molecule has 1 aliphatic heterocycles. The van der Waals surface area contributed by atoms with Crippen molar-refractivity contribution in [1.82, 2.24) is 24.5 Å². The predicted molar refractivity (Wildman–Crippen MR) is 106 cm³/mol. The zero-order valence-corrected chi connectivity index (χ0v) is 16.2. The van der Waals surface area contributed by atoms with Crippen LogP contribution < -0.4 is 9.64 Å². The third-order valence-electron chi connectivity index (χ3n) is 5.16. The topological polar surface area (TPSA) is 75.9 Å². The fourth-order valence-corrected chi connectivity index (χ4v) is 3.55. The molecular weight excluding hydrogens is 356 g/mol. The zero-order valence-electron chi connectivity index (χ0n) is 16.2. The lowest BCUT2D eigenvalue weighted by atomic mass is 10.1. The van der Waals surface area contributed by atoms with Gasteiger partial charge in [-0.2, -0.15) is 4.98 Å². The van der Waals surface area contributed by atoms with Crippen LogP contribution in [0.1, 0.15) is 18.2 Å². The minimum atomic E-state index is 0.142. The number of fused-ring (bicyclic) bond motifs is 1. The Balaban J connectivity index is 1.41. The maximum Gasteiger partial charge on any atom is 0.256 e. The van der Waals surface area contributed by atoms with E-state index in [4.69, 9.17) is 4.74 Å². The first kappa shape index (κ1) is 18.2. The van der Waals surface area contributed by atoms with E-state index in [1.165, 1.54) is 0 Å². The van der Waals surface area contributed by atoms with Crippen LogP contribution >= 0.6 is 0 Å². The number of hydrogen-bond donors (Lipinski definition) is 0. The fourth-order valence-electron chi connectivity index (χ4n) is 3.55. The molecular formula is C20H24N6O2. The van der Waals surface area contributed by atoms with Gasteiger partial charge in [0, 0.05) is 37.9 Å². The molecule has 1 saturated heterocycles. The van der Waals surface area contributed by atoms with Crippen molar-refractivity contribution in [2.45, 2.75) is 19.8 Å². The lowest BCUT2D eigenvalue weighted by Crippen LogP contribution is -2.49. The number of aromatic nitrogens is 4. The Hall–Kier alpha value is -3.16. The number of ether oxygens (including phenoxy) is 1. The lowest BCUT2D eigenvalue weighted by Gasteiger charge is -2.35. The normalized spacial score (nSPS) is 14.5. The molecule has 3 aromatic rings. The number of benzene rings is 1. The van der Waals surface area contributed by atoms with Crippen LogP contribution in [0.4, 0.5) is 5.82 Å². The van der Waals surface area contributed by atoms with Gasteiger partial charge in [-0.05, 0) is 24.1 Å². The Morgan fingerprint density at radius 1 is 1.18 bits per heavy atom. The number of aryl methyl sites for hydroxylation is 1. The zero-order chi connectivity index (χ0) is 19.5. The summed E-state index contributed by atoms with van der Waals surface area (Å²) in [5, 5.41) is 8.04. The SMILES string of the molecule is CCc1cc(N2CCN(C(=O)Cc3cccc(OC)c3)CC2)nc2nncn12. The van der Waals surface area contributed by atoms with Gasteiger partial charge in [0.05, 0.1) is 13.5 Å². The molecule has 1 amide bonds. The molecule has 8 heteroatoms. The van der Waals surface area contributed by atoms with E-state index in [1.807, 2.05) is 33.6 Å². The first-order valence-electron chi connectivity index (χ1n) is 9.53. The summed E-state index contributed by atoms with van der Waals surface area (Å²) in [4.78, 5) is 21.4. The van der Waals surface area contributed by atoms with Gasteiger partial charge in [-0.25, -0.2) is 0 Å². The van der Waals surface area contributed by atoms with E-state index in [9.17, 15) is 4.79 Å². The smallest absolute Gasteiger partial charge is 0.256 e. The highest BCUT2D eigenvalue weighted by atomic mass is 16.5. The fraction of sp³-hybridized carbons (Fsp3) is 0.400. The molecule has 0 saturated carbocycles. The molecule has 8 nitrogen and oxygen atoms in total. The molecule has 0 aliphatic carbocycles. The molecule has 1 aromatic carbocycles. The van der Waals surface area contributed by atoms with E-state index in [2.05, 4.69) is 33.1 Å². The highest BCUT2D eigenvalue weighted by Crippen LogP contribution is 2.19. The molecule has 0 bridgehead atoms. The third kappa shape index (κ3) is 3.62. The molecule has 28 heavy (non-hydrogen) atoms. The van der Waals surface area contributed by atoms with Gasteiger partial charge in [0.1, 0.15) is 17.9 Å². The highest BCUT2D eigenvalue weighted by molar-refractivity contribution is 5.79. The van der Waals surface area contributed by atoms with E-state index in [-0.39, 0.29) is 5.91 Å². The largest absolute Gasteiger partial charge is 0.497 e. The second kappa shape index (κ2) is 7.84. The molecule has 0 atom stereocenters. The second-order valence-electron chi connectivity index (χ2n) is 6.86. The van der Waals surface area contributed by atoms with Gasteiger partial charge in [0.25, 0.3) is 5.78 Å². The predicted octanol–water partition coefficient (Wildman–Crippen LogP) is 1.59. The lowest BCUT2D eigenvalue weighted by molar-refractivity contribution is -0.130. The number of anilines is 1. The molecule has 0 spiro atoms. The van der Waals surface area contributed by atoms with Gasteiger partial charge >= 0.3 is 0 Å². The second-order valence-corrected chi connectivity index (χ2v) is 6.86. The first-order valence-corrected chi connectivity index (χ1v) is 9.53. The van der Waals surface area contributed by atoms with Crippen LogP contribution in [-0.4, -0.2) is 63.7 Å². The van der Waals surface area contributed by atoms with Crippen molar-refractivity contribution < 1.29 is 9.53 Å². The van der Waals surface area contributed by atoms with Crippen LogP contribution in [0, 0.1) is 0 Å². The van der Waals surface area contributed by atoms with Gasteiger partial charge in [-0.3, -0.25) is 9.20 Å². The molecule has 3 heterocycles. The summed E-state index contributed by atoms with van der Waals surface area (Å²) in [5.41, 5.74) is 2.10. The van der Waals surface area contributed by atoms with E-state index in [0.717, 1.165) is 42.3 Å². The number of amides is 1. The van der Waals surface area contributed by atoms with Crippen LogP contribution in [0.2, 0.25) is 0 Å². The molecule has 1 fully saturated rings. The summed E-state index contributed by atoms with van der Waals surface area (Å²) >= 11 is 0. The number of carbonyl (C=O) groups is 1. The summed E-state index contributed by atoms with van der Waals surface area (Å²) in [7, 11) is 1.63. The Bertz CT molecular complexity index is 978. The van der Waals surface area contributed by atoms with Gasteiger partial charge < -0.3 is 14.5 Å². The third-order valence-corrected chi connectivity index (χ3v) is 5.16. The van der Waals surface area contributed by atoms with Gasteiger partial charge in [0.2, 0.25) is 5.91 Å². The Morgan fingerprint density at radius 3 is 2.75 bits per heavy atom. The van der Waals surface area contributed by atoms with Crippen LogP contribution in [0.15, 0.2) is 36.7 Å². The Morgan fingerprint density at radius 2 is 2.00 bits per heavy atom. The first-order chi connectivity index (χ1) is 13.7. The summed E-state index contributed by atoms with van der Waals surface area (Å²) < 4.78 is 7.15. The number of nitrogens with zero attached hydrogens (tertiary/aromatic N) is 6. The number of carbonyl (C=O) groups excluding carboxylic acids is 1. The Labute approximate surface area is 163 Å². The molecule has 4 rings (SSSR count). The maximum atomic E-state index is 12.7. The average molecular weight is 380 g/mol. The van der Waals surface area contributed by atoms with Gasteiger partial charge in [-0.1, -0.05) is 19.1 Å². The molecule has 0 radical (unpaired) electrons. The Kier molecular flexibility index (Phi) is 5.10. The quantitative estimate of drug-likeness (QED) is 0.669. The minimum Gasteiger partial charge on any atom is -0.497 e. The number of hydrogen-bond acceptors (Lipinski definition) is 6. The summed E-state index contributed by atoms with van der Waals surface area (Å²) in [6, 6.07) is 9.76. The molecule has 1 aliphatic rings. The van der Waals surface area contributed by atoms with E-state index < -0.39 is 0 Å². The highest BCUT2D eigenvalue weighted by Gasteiger charge is 2.23. The van der Waals surface area contributed by atoms with E-state index in [1.54, 1.807) is 13.4 Å². The van der Waals surface area contributed by atoms with Crippen LogP contribution in [0.5, 0.6) is 5.75 Å². The van der Waals surface area contributed by atoms with Crippen molar-refractivity contribution in [2.75, 3.05) is 38.2 Å². The monoisotopic (exact) mass is 380 g/mol. The van der Waals surface area contributed by atoms with E-state index >= 15 is 0 Å². The molecule has 146 valence electrons. The number of rotatable bonds is 5. The van der Waals surface area contributed by atoms with Gasteiger partial charge in [-0.15, -0.1) is 10.2 Å².